The second kappa shape index (κ2) is 13.8. The summed E-state index contributed by atoms with van der Waals surface area (Å²) in [4.78, 5) is 0. The van der Waals surface area contributed by atoms with E-state index in [1.54, 1.807) is 0 Å². The lowest BCUT2D eigenvalue weighted by Gasteiger charge is -2.15. The highest BCUT2D eigenvalue weighted by atomic mass is 16.3. The summed E-state index contributed by atoms with van der Waals surface area (Å²) in [6, 6.07) is 16.0. The molecule has 0 amide bonds. The monoisotopic (exact) mass is 606 g/mol. The normalized spacial score (nSPS) is 14.6. The maximum absolute atomic E-state index is 10.9. The van der Waals surface area contributed by atoms with Crippen LogP contribution in [0.1, 0.15) is 80.1 Å². The number of aryl methyl sites for hydroxylation is 2. The summed E-state index contributed by atoms with van der Waals surface area (Å²) in [5.74, 6) is 0.838. The summed E-state index contributed by atoms with van der Waals surface area (Å²) < 4.78 is 5.92. The molecule has 1 atom stereocenters. The Morgan fingerprint density at radius 1 is 0.978 bits per heavy atom. The quantitative estimate of drug-likeness (QED) is 0.161. The zero-order valence-electron chi connectivity index (χ0n) is 27.6. The fourth-order valence-corrected chi connectivity index (χ4v) is 6.26. The molecule has 1 aliphatic carbocycles. The SMILES string of the molecule is CC/C=C(\C(=C/c1cn(C)nc1C)n1nc(-c2cccc3nn(C[C@H](O)c4ccccc4)cc23)c(C(C)C)c1C)C1CC1.CO. The molecular formula is C37H46N6O2. The molecule has 0 bridgehead atoms. The lowest BCUT2D eigenvalue weighted by molar-refractivity contribution is 0.152. The van der Waals surface area contributed by atoms with Gasteiger partial charge in [0.15, 0.2) is 0 Å². The van der Waals surface area contributed by atoms with E-state index >= 15 is 0 Å². The molecule has 0 saturated heterocycles. The number of hydrogen-bond acceptors (Lipinski definition) is 5. The van der Waals surface area contributed by atoms with Crippen LogP contribution in [-0.2, 0) is 13.6 Å². The molecule has 45 heavy (non-hydrogen) atoms. The molecule has 0 radical (unpaired) electrons. The van der Waals surface area contributed by atoms with Crippen LogP contribution in [0.25, 0.3) is 33.9 Å². The Balaban J connectivity index is 0.00000196. The summed E-state index contributed by atoms with van der Waals surface area (Å²) in [5, 5.41) is 33.8. The van der Waals surface area contributed by atoms with E-state index in [1.807, 2.05) is 52.8 Å². The summed E-state index contributed by atoms with van der Waals surface area (Å²) in [6.45, 7) is 11.4. The van der Waals surface area contributed by atoms with Gasteiger partial charge in [-0.1, -0.05) is 69.3 Å². The minimum Gasteiger partial charge on any atom is -0.400 e. The first-order valence-corrected chi connectivity index (χ1v) is 15.9. The number of hydrogen-bond donors (Lipinski definition) is 2. The first kappa shape index (κ1) is 32.1. The van der Waals surface area contributed by atoms with Gasteiger partial charge in [-0.15, -0.1) is 0 Å². The summed E-state index contributed by atoms with van der Waals surface area (Å²) >= 11 is 0. The molecule has 2 N–H and O–H groups in total. The maximum atomic E-state index is 10.9. The van der Waals surface area contributed by atoms with Crippen molar-refractivity contribution in [1.82, 2.24) is 29.3 Å². The Hall–Kier alpha value is -4.27. The van der Waals surface area contributed by atoms with Crippen molar-refractivity contribution >= 4 is 22.7 Å². The minimum absolute atomic E-state index is 0.273. The molecule has 1 fully saturated rings. The fourth-order valence-electron chi connectivity index (χ4n) is 6.26. The molecule has 0 aliphatic heterocycles. The lowest BCUT2D eigenvalue weighted by Crippen LogP contribution is -2.08. The van der Waals surface area contributed by atoms with Crippen LogP contribution in [0, 0.1) is 19.8 Å². The second-order valence-corrected chi connectivity index (χ2v) is 12.1. The third-order valence-electron chi connectivity index (χ3n) is 8.45. The predicted molar refractivity (Wildman–Crippen MR) is 183 cm³/mol. The van der Waals surface area contributed by atoms with E-state index in [1.165, 1.54) is 24.0 Å². The van der Waals surface area contributed by atoms with E-state index in [4.69, 9.17) is 15.3 Å². The summed E-state index contributed by atoms with van der Waals surface area (Å²) in [6.07, 6.45) is 11.6. The van der Waals surface area contributed by atoms with Crippen LogP contribution in [0.2, 0.25) is 0 Å². The molecule has 8 nitrogen and oxygen atoms in total. The van der Waals surface area contributed by atoms with Gasteiger partial charge in [-0.25, -0.2) is 4.68 Å². The average molecular weight is 607 g/mol. The number of allylic oxidation sites excluding steroid dienone is 3. The van der Waals surface area contributed by atoms with Crippen LogP contribution in [0.15, 0.2) is 72.6 Å². The number of aromatic nitrogens is 6. The van der Waals surface area contributed by atoms with Crippen molar-refractivity contribution in [3.05, 3.63) is 101 Å². The fraction of sp³-hybridized carbons (Fsp3) is 0.378. The van der Waals surface area contributed by atoms with Crippen LogP contribution in [0.5, 0.6) is 0 Å². The molecule has 236 valence electrons. The number of aliphatic hydroxyl groups excluding tert-OH is 2. The predicted octanol–water partition coefficient (Wildman–Crippen LogP) is 7.46. The van der Waals surface area contributed by atoms with Crippen molar-refractivity contribution in [2.24, 2.45) is 13.0 Å². The largest absolute Gasteiger partial charge is 0.400 e. The Morgan fingerprint density at radius 2 is 1.71 bits per heavy atom. The Kier molecular flexibility index (Phi) is 9.85. The number of rotatable bonds is 10. The number of aliphatic hydroxyl groups is 2. The van der Waals surface area contributed by atoms with E-state index in [-0.39, 0.29) is 5.92 Å². The smallest absolute Gasteiger partial charge is 0.0985 e. The topological polar surface area (TPSA) is 93.9 Å². The van der Waals surface area contributed by atoms with Crippen molar-refractivity contribution < 1.29 is 10.2 Å². The average Bonchev–Trinajstić information content (AvgIpc) is 3.58. The van der Waals surface area contributed by atoms with Gasteiger partial charge in [-0.2, -0.15) is 15.3 Å². The first-order chi connectivity index (χ1) is 21.7. The van der Waals surface area contributed by atoms with Crippen molar-refractivity contribution in [3.8, 4) is 11.3 Å². The highest BCUT2D eigenvalue weighted by Gasteiger charge is 2.31. The molecule has 5 aromatic rings. The van der Waals surface area contributed by atoms with Crippen LogP contribution in [0.3, 0.4) is 0 Å². The Bertz CT molecular complexity index is 1820. The number of fused-ring (bicyclic) bond motifs is 1. The summed E-state index contributed by atoms with van der Waals surface area (Å²) in [5.41, 5.74) is 10.9. The molecule has 8 heteroatoms. The Morgan fingerprint density at radius 3 is 2.33 bits per heavy atom. The van der Waals surface area contributed by atoms with Gasteiger partial charge < -0.3 is 10.2 Å². The van der Waals surface area contributed by atoms with Crippen LogP contribution in [0.4, 0.5) is 0 Å². The van der Waals surface area contributed by atoms with Gasteiger partial charge >= 0.3 is 0 Å². The molecule has 2 aromatic carbocycles. The number of nitrogens with zero attached hydrogens (tertiary/aromatic N) is 6. The van der Waals surface area contributed by atoms with Crippen LogP contribution < -0.4 is 0 Å². The van der Waals surface area contributed by atoms with Gasteiger partial charge in [0, 0.05) is 54.3 Å². The second-order valence-electron chi connectivity index (χ2n) is 12.1. The third-order valence-corrected chi connectivity index (χ3v) is 8.45. The zero-order valence-corrected chi connectivity index (χ0v) is 27.6. The van der Waals surface area contributed by atoms with E-state index in [0.717, 1.165) is 63.9 Å². The van der Waals surface area contributed by atoms with Crippen LogP contribution >= 0.6 is 0 Å². The Labute approximate surface area is 266 Å². The third kappa shape index (κ3) is 6.72. The standard InChI is InChI=1S/C36H42N6O.CH4O/c1-7-12-29(26-17-18-26)33(19-28-20-40(6)37-24(28)4)42-25(5)35(23(2)3)36(39-42)30-15-11-16-32-31(30)21-41(38-32)22-34(43)27-13-9-8-10-14-27;1-2/h8-16,19-21,23,26,34,43H,7,17-18,22H2,1-6H3;2H,1H3/b29-12-,33-19+;/t34-;/m0./s1. The van der Waals surface area contributed by atoms with Gasteiger partial charge in [0.25, 0.3) is 0 Å². The van der Waals surface area contributed by atoms with Crippen molar-refractivity contribution in [3.63, 3.8) is 0 Å². The first-order valence-electron chi connectivity index (χ1n) is 15.9. The van der Waals surface area contributed by atoms with Crippen LogP contribution in [-0.4, -0.2) is 46.7 Å². The van der Waals surface area contributed by atoms with Gasteiger partial charge in [-0.05, 0) is 68.2 Å². The van der Waals surface area contributed by atoms with Crippen molar-refractivity contribution in [2.75, 3.05) is 7.11 Å². The minimum atomic E-state index is -0.638. The molecule has 1 aliphatic rings. The molecule has 0 unspecified atom stereocenters. The maximum Gasteiger partial charge on any atom is 0.0985 e. The lowest BCUT2D eigenvalue weighted by atomic mass is 9.95. The van der Waals surface area contributed by atoms with Gasteiger partial charge in [-0.3, -0.25) is 9.36 Å². The van der Waals surface area contributed by atoms with Gasteiger partial charge in [0.2, 0.25) is 0 Å². The molecule has 3 heterocycles. The van der Waals surface area contributed by atoms with E-state index in [2.05, 4.69) is 81.1 Å². The molecule has 0 spiro atoms. The highest BCUT2D eigenvalue weighted by Crippen LogP contribution is 2.44. The van der Waals surface area contributed by atoms with Crippen molar-refractivity contribution in [1.29, 1.82) is 0 Å². The molecule has 3 aromatic heterocycles. The summed E-state index contributed by atoms with van der Waals surface area (Å²) in [7, 11) is 2.97. The highest BCUT2D eigenvalue weighted by molar-refractivity contribution is 5.95. The van der Waals surface area contributed by atoms with E-state index in [9.17, 15) is 5.11 Å². The van der Waals surface area contributed by atoms with Crippen molar-refractivity contribution in [2.45, 2.75) is 72.4 Å². The van der Waals surface area contributed by atoms with Gasteiger partial charge in [0.1, 0.15) is 0 Å². The van der Waals surface area contributed by atoms with Gasteiger partial charge in [0.05, 0.1) is 35.3 Å². The van der Waals surface area contributed by atoms with E-state index < -0.39 is 6.10 Å². The van der Waals surface area contributed by atoms with E-state index in [0.29, 0.717) is 12.5 Å². The molecular weight excluding hydrogens is 560 g/mol. The zero-order chi connectivity index (χ0) is 32.2. The molecule has 6 rings (SSSR count). The number of benzene rings is 2. The molecule has 1 saturated carbocycles.